The quantitative estimate of drug-likeness (QED) is 0.761. The molecule has 1 aromatic carbocycles. The third-order valence-electron chi connectivity index (χ3n) is 3.61. The van der Waals surface area contributed by atoms with Crippen molar-refractivity contribution in [2.75, 3.05) is 20.2 Å². The van der Waals surface area contributed by atoms with E-state index in [0.717, 1.165) is 37.2 Å². The lowest BCUT2D eigenvalue weighted by Crippen LogP contribution is -2.36. The number of amides is 2. The molecule has 0 bridgehead atoms. The average Bonchev–Trinajstić information content (AvgIpc) is 2.53. The molecule has 1 rings (SSSR count). The highest BCUT2D eigenvalue weighted by molar-refractivity contribution is 5.79. The van der Waals surface area contributed by atoms with Crippen LogP contribution >= 0.6 is 0 Å². The molecular formula is C18H28N2O3. The summed E-state index contributed by atoms with van der Waals surface area (Å²) in [4.78, 5) is 25.9. The van der Waals surface area contributed by atoms with Gasteiger partial charge >= 0.3 is 0 Å². The Morgan fingerprint density at radius 3 is 2.13 bits per heavy atom. The zero-order valence-electron chi connectivity index (χ0n) is 14.6. The molecule has 0 fully saturated rings. The number of nitrogens with one attached hydrogen (secondary N) is 1. The molecule has 5 heteroatoms. The Bertz CT molecular complexity index is 493. The van der Waals surface area contributed by atoms with Crippen LogP contribution in [0.1, 0.15) is 51.6 Å². The van der Waals surface area contributed by atoms with Gasteiger partial charge in [0.25, 0.3) is 0 Å². The minimum atomic E-state index is -0.317. The molecule has 2 amide bonds. The number of ether oxygens (including phenoxy) is 1. The molecule has 0 aliphatic heterocycles. The summed E-state index contributed by atoms with van der Waals surface area (Å²) in [6.07, 6.45) is 2.13. The van der Waals surface area contributed by atoms with E-state index in [9.17, 15) is 9.59 Å². The molecule has 23 heavy (non-hydrogen) atoms. The van der Waals surface area contributed by atoms with Crippen molar-refractivity contribution in [2.45, 2.75) is 46.1 Å². The standard InChI is InChI=1S/C18H28N2O3/c1-5-11-20(12-6-2)18(22)13-17(19-14(3)21)15-7-9-16(23-4)10-8-15/h7-10,17H,5-6,11-13H2,1-4H3,(H,19,21). The van der Waals surface area contributed by atoms with Crippen LogP contribution in [0.4, 0.5) is 0 Å². The fourth-order valence-electron chi connectivity index (χ4n) is 2.54. The van der Waals surface area contributed by atoms with Crippen LogP contribution in [0.2, 0.25) is 0 Å². The van der Waals surface area contributed by atoms with Crippen LogP contribution in [0, 0.1) is 0 Å². The van der Waals surface area contributed by atoms with Gasteiger partial charge in [-0.3, -0.25) is 9.59 Å². The summed E-state index contributed by atoms with van der Waals surface area (Å²) in [5, 5.41) is 2.88. The first-order valence-electron chi connectivity index (χ1n) is 8.20. The van der Waals surface area contributed by atoms with Crippen LogP contribution in [-0.2, 0) is 9.59 Å². The van der Waals surface area contributed by atoms with Crippen LogP contribution in [-0.4, -0.2) is 36.9 Å². The summed E-state index contributed by atoms with van der Waals surface area (Å²) in [5.41, 5.74) is 0.905. The molecule has 1 N–H and O–H groups in total. The fourth-order valence-corrected chi connectivity index (χ4v) is 2.54. The van der Waals surface area contributed by atoms with E-state index in [-0.39, 0.29) is 24.3 Å². The lowest BCUT2D eigenvalue weighted by Gasteiger charge is -2.25. The van der Waals surface area contributed by atoms with Crippen molar-refractivity contribution in [2.24, 2.45) is 0 Å². The van der Waals surface area contributed by atoms with Crippen molar-refractivity contribution >= 4 is 11.8 Å². The number of methoxy groups -OCH3 is 1. The van der Waals surface area contributed by atoms with E-state index < -0.39 is 0 Å². The number of carbonyl (C=O) groups excluding carboxylic acids is 2. The third kappa shape index (κ3) is 6.30. The van der Waals surface area contributed by atoms with E-state index in [4.69, 9.17) is 4.74 Å². The van der Waals surface area contributed by atoms with E-state index in [1.807, 2.05) is 29.2 Å². The van der Waals surface area contributed by atoms with Gasteiger partial charge in [-0.05, 0) is 30.5 Å². The van der Waals surface area contributed by atoms with Gasteiger partial charge in [-0.2, -0.15) is 0 Å². The minimum Gasteiger partial charge on any atom is -0.497 e. The average molecular weight is 320 g/mol. The molecule has 0 radical (unpaired) electrons. The molecule has 1 unspecified atom stereocenters. The maximum absolute atomic E-state index is 12.6. The first kappa shape index (κ1) is 19.0. The number of hydrogen-bond donors (Lipinski definition) is 1. The monoisotopic (exact) mass is 320 g/mol. The van der Waals surface area contributed by atoms with Gasteiger partial charge in [0.15, 0.2) is 0 Å². The summed E-state index contributed by atoms with van der Waals surface area (Å²) in [5.74, 6) is 0.680. The lowest BCUT2D eigenvalue weighted by molar-refractivity contribution is -0.132. The highest BCUT2D eigenvalue weighted by Crippen LogP contribution is 2.21. The Hall–Kier alpha value is -2.04. The summed E-state index contributed by atoms with van der Waals surface area (Å²) in [7, 11) is 1.61. The highest BCUT2D eigenvalue weighted by Gasteiger charge is 2.20. The Balaban J connectivity index is 2.87. The molecule has 5 nitrogen and oxygen atoms in total. The van der Waals surface area contributed by atoms with Crippen molar-refractivity contribution < 1.29 is 14.3 Å². The van der Waals surface area contributed by atoms with E-state index in [2.05, 4.69) is 19.2 Å². The van der Waals surface area contributed by atoms with Gasteiger partial charge in [-0.25, -0.2) is 0 Å². The number of hydrogen-bond acceptors (Lipinski definition) is 3. The van der Waals surface area contributed by atoms with Crippen LogP contribution in [0.15, 0.2) is 24.3 Å². The summed E-state index contributed by atoms with van der Waals surface area (Å²) >= 11 is 0. The van der Waals surface area contributed by atoms with Crippen LogP contribution < -0.4 is 10.1 Å². The maximum atomic E-state index is 12.6. The van der Waals surface area contributed by atoms with Gasteiger partial charge in [0.1, 0.15) is 5.75 Å². The molecule has 128 valence electrons. The molecule has 0 spiro atoms. The normalized spacial score (nSPS) is 11.7. The second-order valence-electron chi connectivity index (χ2n) is 5.61. The van der Waals surface area contributed by atoms with Crippen molar-refractivity contribution in [3.63, 3.8) is 0 Å². The van der Waals surface area contributed by atoms with Gasteiger partial charge in [-0.15, -0.1) is 0 Å². The molecule has 1 atom stereocenters. The van der Waals surface area contributed by atoms with Crippen molar-refractivity contribution in [3.05, 3.63) is 29.8 Å². The van der Waals surface area contributed by atoms with E-state index >= 15 is 0 Å². The number of nitrogens with zero attached hydrogens (tertiary/aromatic N) is 1. The van der Waals surface area contributed by atoms with Crippen LogP contribution in [0.25, 0.3) is 0 Å². The van der Waals surface area contributed by atoms with E-state index in [1.165, 1.54) is 6.92 Å². The van der Waals surface area contributed by atoms with Gasteiger partial charge in [0.05, 0.1) is 19.6 Å². The van der Waals surface area contributed by atoms with E-state index in [0.29, 0.717) is 0 Å². The molecule has 0 aliphatic rings. The SMILES string of the molecule is CCCN(CCC)C(=O)CC(NC(C)=O)c1ccc(OC)cc1. The molecular weight excluding hydrogens is 292 g/mol. The second kappa shape index (κ2) is 9.87. The fraction of sp³-hybridized carbons (Fsp3) is 0.556. The number of benzene rings is 1. The number of rotatable bonds is 9. The topological polar surface area (TPSA) is 58.6 Å². The van der Waals surface area contributed by atoms with E-state index in [1.54, 1.807) is 7.11 Å². The lowest BCUT2D eigenvalue weighted by atomic mass is 10.0. The predicted octanol–water partition coefficient (Wildman–Crippen LogP) is 2.91. The first-order chi connectivity index (χ1) is 11.0. The Morgan fingerprint density at radius 1 is 1.13 bits per heavy atom. The molecule has 1 aromatic rings. The first-order valence-corrected chi connectivity index (χ1v) is 8.20. The van der Waals surface area contributed by atoms with Gasteiger partial charge in [0, 0.05) is 20.0 Å². The predicted molar refractivity (Wildman–Crippen MR) is 91.3 cm³/mol. The highest BCUT2D eigenvalue weighted by atomic mass is 16.5. The molecule has 0 saturated carbocycles. The van der Waals surface area contributed by atoms with Crippen LogP contribution in [0.3, 0.4) is 0 Å². The summed E-state index contributed by atoms with van der Waals surface area (Å²) in [6.45, 7) is 7.09. The molecule has 0 aliphatic carbocycles. The summed E-state index contributed by atoms with van der Waals surface area (Å²) < 4.78 is 5.15. The zero-order valence-corrected chi connectivity index (χ0v) is 14.6. The molecule has 0 heterocycles. The maximum Gasteiger partial charge on any atom is 0.224 e. The smallest absolute Gasteiger partial charge is 0.224 e. The third-order valence-corrected chi connectivity index (χ3v) is 3.61. The minimum absolute atomic E-state index is 0.0725. The zero-order chi connectivity index (χ0) is 17.2. The largest absolute Gasteiger partial charge is 0.497 e. The molecule has 0 aromatic heterocycles. The number of carbonyl (C=O) groups is 2. The van der Waals surface area contributed by atoms with Crippen molar-refractivity contribution in [1.29, 1.82) is 0 Å². The Labute approximate surface area is 139 Å². The van der Waals surface area contributed by atoms with Gasteiger partial charge in [0.2, 0.25) is 11.8 Å². The van der Waals surface area contributed by atoms with Gasteiger partial charge in [-0.1, -0.05) is 26.0 Å². The Kier molecular flexibility index (Phi) is 8.16. The summed E-state index contributed by atoms with van der Waals surface area (Å²) in [6, 6.07) is 7.13. The van der Waals surface area contributed by atoms with Gasteiger partial charge < -0.3 is 15.0 Å². The second-order valence-corrected chi connectivity index (χ2v) is 5.61. The van der Waals surface area contributed by atoms with Crippen LogP contribution in [0.5, 0.6) is 5.75 Å². The van der Waals surface area contributed by atoms with Crippen molar-refractivity contribution in [1.82, 2.24) is 10.2 Å². The Morgan fingerprint density at radius 2 is 1.70 bits per heavy atom. The molecule has 0 saturated heterocycles. The van der Waals surface area contributed by atoms with Crippen molar-refractivity contribution in [3.8, 4) is 5.75 Å².